The largest absolute Gasteiger partial charge is 0.456 e. The van der Waals surface area contributed by atoms with Crippen molar-refractivity contribution >= 4 is 39.1 Å². The number of nitrogens with one attached hydrogen (secondary N) is 1. The Morgan fingerprint density at radius 1 is 1.06 bits per heavy atom. The van der Waals surface area contributed by atoms with Gasteiger partial charge in [-0.15, -0.1) is 11.3 Å². The van der Waals surface area contributed by atoms with E-state index in [-0.39, 0.29) is 11.8 Å². The number of carbonyl (C=O) groups is 2. The van der Waals surface area contributed by atoms with Crippen LogP contribution in [0.25, 0.3) is 10.1 Å². The van der Waals surface area contributed by atoms with Crippen LogP contribution in [0.5, 0.6) is 11.5 Å². The fourth-order valence-electron chi connectivity index (χ4n) is 3.18. The summed E-state index contributed by atoms with van der Waals surface area (Å²) in [4.78, 5) is 27.6. The van der Waals surface area contributed by atoms with Crippen LogP contribution in [0.15, 0.2) is 54.7 Å². The average molecular weight is 435 g/mol. The van der Waals surface area contributed by atoms with Crippen LogP contribution in [0.4, 0.5) is 5.82 Å². The minimum Gasteiger partial charge on any atom is -0.456 e. The summed E-state index contributed by atoms with van der Waals surface area (Å²) in [6, 6.07) is 14.3. The highest BCUT2D eigenvalue weighted by molar-refractivity contribution is 7.19. The van der Waals surface area contributed by atoms with E-state index in [4.69, 9.17) is 4.74 Å². The Morgan fingerprint density at radius 3 is 2.45 bits per heavy atom. The molecule has 8 heteroatoms. The Morgan fingerprint density at radius 2 is 1.81 bits per heavy atom. The molecule has 0 radical (unpaired) electrons. The second-order valence-corrected chi connectivity index (χ2v) is 8.66. The third-order valence-electron chi connectivity index (χ3n) is 4.66. The number of aromatic nitrogens is 2. The van der Waals surface area contributed by atoms with Gasteiger partial charge in [-0.05, 0) is 54.8 Å². The fourth-order valence-corrected chi connectivity index (χ4v) is 4.12. The first kappa shape index (κ1) is 20.6. The van der Waals surface area contributed by atoms with Crippen molar-refractivity contribution in [3.63, 3.8) is 0 Å². The number of anilines is 1. The minimum atomic E-state index is -0.263. The summed E-state index contributed by atoms with van der Waals surface area (Å²) < 4.78 is 8.72. The minimum absolute atomic E-state index is 0.0731. The van der Waals surface area contributed by atoms with E-state index in [1.165, 1.54) is 4.90 Å². The summed E-state index contributed by atoms with van der Waals surface area (Å²) in [5.74, 6) is 1.33. The standard InChI is InChI=1S/C23H22N4O3S/c1-14-11-16-12-17(22(28)24-20-9-10-27(4)25-20)13-19(21(16)31-14)30-18-7-5-15(6-8-18)23(29)26(2)3/h5-13H,1-4H3,(H,24,25,28). The van der Waals surface area contributed by atoms with Crippen molar-refractivity contribution in [2.24, 2.45) is 7.05 Å². The molecule has 4 aromatic rings. The lowest BCUT2D eigenvalue weighted by atomic mass is 10.1. The normalized spacial score (nSPS) is 10.8. The predicted molar refractivity (Wildman–Crippen MR) is 122 cm³/mol. The van der Waals surface area contributed by atoms with Crippen LogP contribution in [0.2, 0.25) is 0 Å². The first-order valence-electron chi connectivity index (χ1n) is 9.65. The Hall–Kier alpha value is -3.65. The van der Waals surface area contributed by atoms with Crippen molar-refractivity contribution in [2.75, 3.05) is 19.4 Å². The van der Waals surface area contributed by atoms with Crippen LogP contribution in [0.1, 0.15) is 25.6 Å². The number of fused-ring (bicyclic) bond motifs is 1. The molecule has 0 bridgehead atoms. The second-order valence-electron chi connectivity index (χ2n) is 7.40. The molecule has 0 spiro atoms. The molecule has 2 heterocycles. The van der Waals surface area contributed by atoms with Crippen LogP contribution in [-0.2, 0) is 7.05 Å². The summed E-state index contributed by atoms with van der Waals surface area (Å²) in [7, 11) is 5.22. The summed E-state index contributed by atoms with van der Waals surface area (Å²) >= 11 is 1.60. The second kappa shape index (κ2) is 8.23. The first-order chi connectivity index (χ1) is 14.8. The SMILES string of the molecule is Cc1cc2cc(C(=O)Nc3ccn(C)n3)cc(Oc3ccc(C(=O)N(C)C)cc3)c2s1. The van der Waals surface area contributed by atoms with E-state index < -0.39 is 0 Å². The van der Waals surface area contributed by atoms with Gasteiger partial charge in [-0.25, -0.2) is 0 Å². The molecule has 158 valence electrons. The van der Waals surface area contributed by atoms with Crippen molar-refractivity contribution in [2.45, 2.75) is 6.92 Å². The van der Waals surface area contributed by atoms with E-state index in [1.54, 1.807) is 79.8 Å². The zero-order chi connectivity index (χ0) is 22.1. The molecule has 1 N–H and O–H groups in total. The number of hydrogen-bond acceptors (Lipinski definition) is 5. The Balaban J connectivity index is 1.65. The van der Waals surface area contributed by atoms with Crippen LogP contribution in [0.3, 0.4) is 0 Å². The molecule has 31 heavy (non-hydrogen) atoms. The molecule has 4 rings (SSSR count). The van der Waals surface area contributed by atoms with Crippen molar-refractivity contribution < 1.29 is 14.3 Å². The monoisotopic (exact) mass is 434 g/mol. The topological polar surface area (TPSA) is 76.5 Å². The summed E-state index contributed by atoms with van der Waals surface area (Å²) in [6.45, 7) is 2.02. The quantitative estimate of drug-likeness (QED) is 0.494. The molecular formula is C23H22N4O3S. The highest BCUT2D eigenvalue weighted by Gasteiger charge is 2.15. The van der Waals surface area contributed by atoms with Gasteiger partial charge in [0, 0.05) is 49.4 Å². The van der Waals surface area contributed by atoms with Crippen molar-refractivity contribution in [3.8, 4) is 11.5 Å². The number of hydrogen-bond donors (Lipinski definition) is 1. The van der Waals surface area contributed by atoms with Gasteiger partial charge in [0.15, 0.2) is 5.82 Å². The third kappa shape index (κ3) is 4.44. The van der Waals surface area contributed by atoms with Crippen molar-refractivity contribution in [1.29, 1.82) is 0 Å². The number of nitrogens with zero attached hydrogens (tertiary/aromatic N) is 3. The van der Waals surface area contributed by atoms with Gasteiger partial charge in [0.05, 0.1) is 4.70 Å². The molecule has 2 aromatic heterocycles. The van der Waals surface area contributed by atoms with E-state index in [0.717, 1.165) is 15.0 Å². The van der Waals surface area contributed by atoms with Gasteiger partial charge in [-0.1, -0.05) is 0 Å². The van der Waals surface area contributed by atoms with Gasteiger partial charge in [-0.3, -0.25) is 14.3 Å². The lowest BCUT2D eigenvalue weighted by molar-refractivity contribution is 0.0827. The number of carbonyl (C=O) groups excluding carboxylic acids is 2. The average Bonchev–Trinajstić information content (AvgIpc) is 3.32. The van der Waals surface area contributed by atoms with E-state index in [1.807, 2.05) is 19.1 Å². The number of rotatable bonds is 5. The van der Waals surface area contributed by atoms with E-state index in [0.29, 0.717) is 28.4 Å². The first-order valence-corrected chi connectivity index (χ1v) is 10.5. The molecule has 0 aliphatic rings. The maximum Gasteiger partial charge on any atom is 0.257 e. The van der Waals surface area contributed by atoms with Crippen LogP contribution < -0.4 is 10.1 Å². The number of thiophene rings is 1. The van der Waals surface area contributed by atoms with Crippen LogP contribution in [0, 0.1) is 6.92 Å². The van der Waals surface area contributed by atoms with E-state index >= 15 is 0 Å². The molecule has 0 atom stereocenters. The lowest BCUT2D eigenvalue weighted by Crippen LogP contribution is -2.21. The number of ether oxygens (including phenoxy) is 1. The summed E-state index contributed by atoms with van der Waals surface area (Å²) in [5.41, 5.74) is 1.06. The van der Waals surface area contributed by atoms with Gasteiger partial charge in [-0.2, -0.15) is 5.10 Å². The number of amides is 2. The van der Waals surface area contributed by atoms with Crippen molar-refractivity contribution in [1.82, 2.24) is 14.7 Å². The molecule has 0 aliphatic heterocycles. The third-order valence-corrected chi connectivity index (χ3v) is 5.74. The van der Waals surface area contributed by atoms with E-state index in [2.05, 4.69) is 10.4 Å². The Kier molecular flexibility index (Phi) is 5.48. The smallest absolute Gasteiger partial charge is 0.257 e. The summed E-state index contributed by atoms with van der Waals surface area (Å²) in [6.07, 6.45) is 1.76. The maximum atomic E-state index is 12.8. The molecule has 0 saturated heterocycles. The van der Waals surface area contributed by atoms with Gasteiger partial charge < -0.3 is 15.0 Å². The Bertz CT molecular complexity index is 1270. The predicted octanol–water partition coefficient (Wildman–Crippen LogP) is 4.69. The molecule has 0 fully saturated rings. The molecule has 2 amide bonds. The highest BCUT2D eigenvalue weighted by atomic mass is 32.1. The van der Waals surface area contributed by atoms with Crippen LogP contribution >= 0.6 is 11.3 Å². The molecular weight excluding hydrogens is 412 g/mol. The molecule has 2 aromatic carbocycles. The highest BCUT2D eigenvalue weighted by Crippen LogP contribution is 2.37. The Labute approximate surface area is 183 Å². The molecule has 7 nitrogen and oxygen atoms in total. The zero-order valence-electron chi connectivity index (χ0n) is 17.7. The lowest BCUT2D eigenvalue weighted by Gasteiger charge is -2.12. The van der Waals surface area contributed by atoms with E-state index in [9.17, 15) is 9.59 Å². The fraction of sp³-hybridized carbons (Fsp3) is 0.174. The van der Waals surface area contributed by atoms with Crippen LogP contribution in [-0.4, -0.2) is 40.6 Å². The molecule has 0 unspecified atom stereocenters. The zero-order valence-corrected chi connectivity index (χ0v) is 18.5. The number of benzene rings is 2. The van der Waals surface area contributed by atoms with Gasteiger partial charge in [0.1, 0.15) is 11.5 Å². The van der Waals surface area contributed by atoms with Crippen molar-refractivity contribution in [3.05, 3.63) is 70.7 Å². The number of aryl methyl sites for hydroxylation is 2. The molecule has 0 aliphatic carbocycles. The van der Waals surface area contributed by atoms with Gasteiger partial charge in [0.25, 0.3) is 11.8 Å². The molecule has 0 saturated carbocycles. The maximum absolute atomic E-state index is 12.8. The van der Waals surface area contributed by atoms with Gasteiger partial charge in [0.2, 0.25) is 0 Å². The van der Waals surface area contributed by atoms with Gasteiger partial charge >= 0.3 is 0 Å². The summed E-state index contributed by atoms with van der Waals surface area (Å²) in [5, 5.41) is 7.93.